The Balaban J connectivity index is 1.78. The molecule has 0 amide bonds. The smallest absolute Gasteiger partial charge is 0.146 e. The predicted octanol–water partition coefficient (Wildman–Crippen LogP) is 3.71. The second kappa shape index (κ2) is 6.27. The summed E-state index contributed by atoms with van der Waals surface area (Å²) in [7, 11) is 1.95. The van der Waals surface area contributed by atoms with Crippen LogP contribution >= 0.6 is 0 Å². The summed E-state index contributed by atoms with van der Waals surface area (Å²) in [6.45, 7) is 1.44. The monoisotopic (exact) mass is 284 g/mol. The Kier molecular flexibility index (Phi) is 4.20. The molecule has 0 unspecified atom stereocenters. The number of halogens is 1. The Labute approximate surface area is 125 Å². The first-order chi connectivity index (χ1) is 10.2. The van der Waals surface area contributed by atoms with Crippen LogP contribution < -0.4 is 10.2 Å². The second-order valence-electron chi connectivity index (χ2n) is 5.74. The van der Waals surface area contributed by atoms with Gasteiger partial charge in [-0.05, 0) is 30.0 Å². The van der Waals surface area contributed by atoms with Crippen molar-refractivity contribution in [3.8, 4) is 0 Å². The van der Waals surface area contributed by atoms with E-state index in [0.29, 0.717) is 18.3 Å². The van der Waals surface area contributed by atoms with E-state index in [4.69, 9.17) is 0 Å². The van der Waals surface area contributed by atoms with E-state index in [1.807, 2.05) is 36.2 Å². The quantitative estimate of drug-likeness (QED) is 0.870. The van der Waals surface area contributed by atoms with Gasteiger partial charge in [0, 0.05) is 26.2 Å². The molecule has 2 nitrogen and oxygen atoms in total. The summed E-state index contributed by atoms with van der Waals surface area (Å²) >= 11 is 0. The first-order valence-electron chi connectivity index (χ1n) is 7.50. The molecular weight excluding hydrogens is 263 g/mol. The molecular formula is C18H21FN2. The van der Waals surface area contributed by atoms with Crippen LogP contribution in [0.4, 0.5) is 10.1 Å². The van der Waals surface area contributed by atoms with Crippen LogP contribution in [0.5, 0.6) is 0 Å². The molecule has 1 saturated carbocycles. The maximum absolute atomic E-state index is 14.3. The Hall–Kier alpha value is -1.87. The van der Waals surface area contributed by atoms with Crippen LogP contribution in [0.1, 0.15) is 24.0 Å². The van der Waals surface area contributed by atoms with Gasteiger partial charge in [0.05, 0.1) is 5.69 Å². The van der Waals surface area contributed by atoms with Crippen molar-refractivity contribution in [1.29, 1.82) is 0 Å². The van der Waals surface area contributed by atoms with E-state index >= 15 is 0 Å². The lowest BCUT2D eigenvalue weighted by atomic mass is 10.1. The number of rotatable bonds is 6. The summed E-state index contributed by atoms with van der Waals surface area (Å²) < 4.78 is 14.3. The fourth-order valence-corrected chi connectivity index (χ4v) is 2.61. The van der Waals surface area contributed by atoms with Crippen molar-refractivity contribution in [1.82, 2.24) is 5.32 Å². The van der Waals surface area contributed by atoms with Crippen molar-refractivity contribution < 1.29 is 4.39 Å². The zero-order valence-electron chi connectivity index (χ0n) is 12.3. The molecule has 1 fully saturated rings. The van der Waals surface area contributed by atoms with Crippen molar-refractivity contribution in [2.45, 2.75) is 32.0 Å². The van der Waals surface area contributed by atoms with E-state index < -0.39 is 0 Å². The predicted molar refractivity (Wildman–Crippen MR) is 84.8 cm³/mol. The molecule has 0 heterocycles. The van der Waals surface area contributed by atoms with E-state index in [2.05, 4.69) is 17.4 Å². The third-order valence-electron chi connectivity index (χ3n) is 3.87. The lowest BCUT2D eigenvalue weighted by molar-refractivity contribution is 0.613. The average molecular weight is 284 g/mol. The molecule has 2 aromatic rings. The van der Waals surface area contributed by atoms with Gasteiger partial charge in [-0.2, -0.15) is 0 Å². The molecule has 3 heteroatoms. The maximum atomic E-state index is 14.3. The highest BCUT2D eigenvalue weighted by Gasteiger charge is 2.21. The molecule has 0 saturated heterocycles. The topological polar surface area (TPSA) is 15.3 Å². The Bertz CT molecular complexity index is 593. The molecule has 0 aromatic heterocycles. The lowest BCUT2D eigenvalue weighted by Gasteiger charge is -2.23. The van der Waals surface area contributed by atoms with E-state index in [9.17, 15) is 4.39 Å². The number of hydrogen-bond acceptors (Lipinski definition) is 2. The van der Waals surface area contributed by atoms with Crippen LogP contribution in [0.15, 0.2) is 48.5 Å². The molecule has 0 aliphatic heterocycles. The average Bonchev–Trinajstić information content (AvgIpc) is 3.30. The molecule has 1 aliphatic rings. The normalized spacial score (nSPS) is 14.2. The zero-order chi connectivity index (χ0) is 14.7. The van der Waals surface area contributed by atoms with Crippen molar-refractivity contribution in [3.05, 3.63) is 65.5 Å². The fraction of sp³-hybridized carbons (Fsp3) is 0.333. The zero-order valence-corrected chi connectivity index (χ0v) is 12.3. The minimum absolute atomic E-state index is 0.150. The first-order valence-corrected chi connectivity index (χ1v) is 7.50. The summed E-state index contributed by atoms with van der Waals surface area (Å²) in [6, 6.07) is 16.1. The molecule has 3 rings (SSSR count). The van der Waals surface area contributed by atoms with Gasteiger partial charge in [-0.1, -0.05) is 42.5 Å². The minimum atomic E-state index is -0.150. The molecule has 0 atom stereocenters. The highest BCUT2D eigenvalue weighted by atomic mass is 19.1. The number of nitrogens with one attached hydrogen (secondary N) is 1. The van der Waals surface area contributed by atoms with Crippen LogP contribution in [-0.2, 0) is 13.1 Å². The maximum Gasteiger partial charge on any atom is 0.146 e. The number of benzene rings is 2. The van der Waals surface area contributed by atoms with Crippen LogP contribution in [-0.4, -0.2) is 13.1 Å². The van der Waals surface area contributed by atoms with E-state index in [1.165, 1.54) is 24.5 Å². The Morgan fingerprint density at radius 2 is 1.86 bits per heavy atom. The van der Waals surface area contributed by atoms with E-state index in [1.54, 1.807) is 6.07 Å². The number of anilines is 1. The number of hydrogen-bond donors (Lipinski definition) is 1. The molecule has 0 radical (unpaired) electrons. The molecule has 0 bridgehead atoms. The highest BCUT2D eigenvalue weighted by Crippen LogP contribution is 2.26. The Morgan fingerprint density at radius 1 is 1.10 bits per heavy atom. The molecule has 110 valence electrons. The van der Waals surface area contributed by atoms with Gasteiger partial charge >= 0.3 is 0 Å². The standard InChI is InChI=1S/C18H21FN2/c1-21(13-14-6-3-2-4-7-14)18-15(8-5-9-17(18)19)12-20-16-10-11-16/h2-9,16,20H,10-13H2,1H3. The van der Waals surface area contributed by atoms with Crippen LogP contribution in [0, 0.1) is 5.82 Å². The van der Waals surface area contributed by atoms with Gasteiger partial charge in [-0.3, -0.25) is 0 Å². The summed E-state index contributed by atoms with van der Waals surface area (Å²) in [4.78, 5) is 1.99. The van der Waals surface area contributed by atoms with Crippen LogP contribution in [0.25, 0.3) is 0 Å². The van der Waals surface area contributed by atoms with Crippen molar-refractivity contribution in [2.24, 2.45) is 0 Å². The van der Waals surface area contributed by atoms with Crippen molar-refractivity contribution in [3.63, 3.8) is 0 Å². The minimum Gasteiger partial charge on any atom is -0.368 e. The molecule has 2 aromatic carbocycles. The Morgan fingerprint density at radius 3 is 2.57 bits per heavy atom. The van der Waals surface area contributed by atoms with Crippen LogP contribution in [0.3, 0.4) is 0 Å². The summed E-state index contributed by atoms with van der Waals surface area (Å²) in [5, 5.41) is 3.47. The lowest BCUT2D eigenvalue weighted by Crippen LogP contribution is -2.22. The van der Waals surface area contributed by atoms with Gasteiger partial charge < -0.3 is 10.2 Å². The first kappa shape index (κ1) is 14.1. The number of nitrogens with zero attached hydrogens (tertiary/aromatic N) is 1. The van der Waals surface area contributed by atoms with Crippen molar-refractivity contribution in [2.75, 3.05) is 11.9 Å². The fourth-order valence-electron chi connectivity index (χ4n) is 2.61. The molecule has 0 spiro atoms. The third kappa shape index (κ3) is 3.61. The van der Waals surface area contributed by atoms with Gasteiger partial charge in [-0.25, -0.2) is 4.39 Å². The van der Waals surface area contributed by atoms with Crippen molar-refractivity contribution >= 4 is 5.69 Å². The number of para-hydroxylation sites is 1. The van der Waals surface area contributed by atoms with E-state index in [0.717, 1.165) is 12.1 Å². The molecule has 21 heavy (non-hydrogen) atoms. The summed E-state index contributed by atoms with van der Waals surface area (Å²) in [5.74, 6) is -0.150. The molecule has 1 aliphatic carbocycles. The molecule has 1 N–H and O–H groups in total. The second-order valence-corrected chi connectivity index (χ2v) is 5.74. The van der Waals surface area contributed by atoms with Gasteiger partial charge in [0.25, 0.3) is 0 Å². The third-order valence-corrected chi connectivity index (χ3v) is 3.87. The largest absolute Gasteiger partial charge is 0.368 e. The SMILES string of the molecule is CN(Cc1ccccc1)c1c(F)cccc1CNC1CC1. The van der Waals surface area contributed by atoms with E-state index in [-0.39, 0.29) is 5.82 Å². The van der Waals surface area contributed by atoms with Crippen LogP contribution in [0.2, 0.25) is 0 Å². The van der Waals surface area contributed by atoms with Gasteiger partial charge in [-0.15, -0.1) is 0 Å². The highest BCUT2D eigenvalue weighted by molar-refractivity contribution is 5.54. The summed E-state index contributed by atoms with van der Waals surface area (Å²) in [5.41, 5.74) is 2.92. The van der Waals surface area contributed by atoms with Gasteiger partial charge in [0.15, 0.2) is 0 Å². The van der Waals surface area contributed by atoms with Gasteiger partial charge in [0.1, 0.15) is 5.82 Å². The van der Waals surface area contributed by atoms with Gasteiger partial charge in [0.2, 0.25) is 0 Å². The summed E-state index contributed by atoms with van der Waals surface area (Å²) in [6.07, 6.45) is 2.48.